The number of esters is 1. The van der Waals surface area contributed by atoms with Gasteiger partial charge < -0.3 is 19.3 Å². The van der Waals surface area contributed by atoms with Crippen molar-refractivity contribution in [3.8, 4) is 0 Å². The average Bonchev–Trinajstić information content (AvgIpc) is 2.86. The summed E-state index contributed by atoms with van der Waals surface area (Å²) in [6.45, 7) is 3.91. The topological polar surface area (TPSA) is 82.1 Å². The van der Waals surface area contributed by atoms with E-state index in [-0.39, 0.29) is 19.2 Å². The largest absolute Gasteiger partial charge is 0.468 e. The van der Waals surface area contributed by atoms with Crippen LogP contribution in [0.2, 0.25) is 0 Å². The second-order valence-corrected chi connectivity index (χ2v) is 9.80. The van der Waals surface area contributed by atoms with Gasteiger partial charge in [-0.25, -0.2) is 0 Å². The van der Waals surface area contributed by atoms with Crippen LogP contribution in [-0.4, -0.2) is 50.1 Å². The molecule has 0 amide bonds. The molecule has 0 aromatic carbocycles. The molecule has 0 fully saturated rings. The number of unbranched alkanes of at least 4 members (excludes halogenated alkanes) is 18. The van der Waals surface area contributed by atoms with Gasteiger partial charge in [-0.1, -0.05) is 116 Å². The van der Waals surface area contributed by atoms with Crippen LogP contribution in [0.15, 0.2) is 0 Å². The van der Waals surface area contributed by atoms with Crippen molar-refractivity contribution in [2.75, 3.05) is 26.4 Å². The Balaban J connectivity index is 3.38. The maximum atomic E-state index is 11.9. The molecular weight excluding hydrogens is 444 g/mol. The summed E-state index contributed by atoms with van der Waals surface area (Å²) in [7, 11) is 0. The molecule has 1 N–H and O–H groups in total. The van der Waals surface area contributed by atoms with Gasteiger partial charge in [-0.15, -0.1) is 0 Å². The van der Waals surface area contributed by atoms with Crippen molar-refractivity contribution in [3.63, 3.8) is 0 Å². The molecule has 0 aromatic rings. The molecule has 6 nitrogen and oxygen atoms in total. The van der Waals surface area contributed by atoms with Crippen molar-refractivity contribution in [1.29, 1.82) is 0 Å². The lowest BCUT2D eigenvalue weighted by molar-refractivity contribution is -0.154. The number of carbonyl (C=O) groups is 2. The lowest BCUT2D eigenvalue weighted by atomic mass is 10.0. The van der Waals surface area contributed by atoms with Gasteiger partial charge in [-0.2, -0.15) is 0 Å². The SMILES string of the molecule is CCCCCCCCCCCCCCCCCOC[C@H](CO)OC(=O)CCCCCCCOC=O. The molecule has 6 heteroatoms. The summed E-state index contributed by atoms with van der Waals surface area (Å²) in [6.07, 6.45) is 24.4. The molecule has 35 heavy (non-hydrogen) atoms. The van der Waals surface area contributed by atoms with Gasteiger partial charge in [0.05, 0.1) is 19.8 Å². The Bertz CT molecular complexity index is 443. The molecule has 0 radical (unpaired) electrons. The second kappa shape index (κ2) is 29.1. The lowest BCUT2D eigenvalue weighted by Gasteiger charge is -2.15. The molecule has 0 aliphatic rings. The number of aliphatic hydroxyl groups excluding tert-OH is 1. The minimum atomic E-state index is -0.570. The highest BCUT2D eigenvalue weighted by molar-refractivity contribution is 5.69. The predicted octanol–water partition coefficient (Wildman–Crippen LogP) is 7.29. The van der Waals surface area contributed by atoms with Crippen LogP contribution in [0, 0.1) is 0 Å². The van der Waals surface area contributed by atoms with E-state index in [0.717, 1.165) is 38.5 Å². The number of carbonyl (C=O) groups excluding carboxylic acids is 2. The van der Waals surface area contributed by atoms with Gasteiger partial charge in [0.25, 0.3) is 6.47 Å². The average molecular weight is 501 g/mol. The fraction of sp³-hybridized carbons (Fsp3) is 0.931. The van der Waals surface area contributed by atoms with E-state index in [4.69, 9.17) is 9.47 Å². The van der Waals surface area contributed by atoms with E-state index < -0.39 is 6.10 Å². The van der Waals surface area contributed by atoms with Gasteiger partial charge in [-0.05, 0) is 19.3 Å². The van der Waals surface area contributed by atoms with Gasteiger partial charge >= 0.3 is 5.97 Å². The molecule has 0 spiro atoms. The van der Waals surface area contributed by atoms with Gasteiger partial charge in [0.15, 0.2) is 0 Å². The zero-order chi connectivity index (χ0) is 25.7. The van der Waals surface area contributed by atoms with Crippen LogP contribution in [0.1, 0.15) is 142 Å². The predicted molar refractivity (Wildman–Crippen MR) is 142 cm³/mol. The van der Waals surface area contributed by atoms with E-state index >= 15 is 0 Å². The fourth-order valence-electron chi connectivity index (χ4n) is 4.19. The highest BCUT2D eigenvalue weighted by Crippen LogP contribution is 2.13. The van der Waals surface area contributed by atoms with Crippen LogP contribution in [0.25, 0.3) is 0 Å². The number of hydrogen-bond donors (Lipinski definition) is 1. The van der Waals surface area contributed by atoms with Gasteiger partial charge in [0, 0.05) is 13.0 Å². The zero-order valence-electron chi connectivity index (χ0n) is 22.8. The summed E-state index contributed by atoms with van der Waals surface area (Å²) in [5.74, 6) is -0.274. The van der Waals surface area contributed by atoms with E-state index in [2.05, 4.69) is 11.7 Å². The first kappa shape index (κ1) is 33.9. The number of hydrogen-bond acceptors (Lipinski definition) is 6. The van der Waals surface area contributed by atoms with Gasteiger partial charge in [0.1, 0.15) is 6.10 Å². The Hall–Kier alpha value is -1.14. The quantitative estimate of drug-likeness (QED) is 0.0659. The summed E-state index contributed by atoms with van der Waals surface area (Å²) in [6, 6.07) is 0. The molecule has 0 aliphatic heterocycles. The third kappa shape index (κ3) is 27.3. The molecule has 0 rings (SSSR count). The van der Waals surface area contributed by atoms with E-state index in [1.54, 1.807) is 0 Å². The summed E-state index contributed by atoms with van der Waals surface area (Å²) in [5, 5.41) is 9.43. The lowest BCUT2D eigenvalue weighted by Crippen LogP contribution is -2.27. The molecular formula is C29H56O6. The molecule has 0 unspecified atom stereocenters. The first-order valence-electron chi connectivity index (χ1n) is 14.7. The standard InChI is InChI=1S/C29H56O6/c1-2-3-4-5-6-7-8-9-10-11-12-13-14-17-20-23-33-26-28(25-30)35-29(32)22-19-16-15-18-21-24-34-27-31/h27-28,30H,2-26H2,1H3/t28-/m0/s1. The number of ether oxygens (including phenoxy) is 3. The summed E-state index contributed by atoms with van der Waals surface area (Å²) < 4.78 is 15.6. The van der Waals surface area contributed by atoms with Crippen molar-refractivity contribution in [2.45, 2.75) is 148 Å². The van der Waals surface area contributed by atoms with E-state index in [0.29, 0.717) is 26.1 Å². The molecule has 0 heterocycles. The van der Waals surface area contributed by atoms with E-state index in [1.807, 2.05) is 0 Å². The van der Waals surface area contributed by atoms with Crippen LogP contribution < -0.4 is 0 Å². The molecule has 1 atom stereocenters. The van der Waals surface area contributed by atoms with Crippen molar-refractivity contribution in [2.24, 2.45) is 0 Å². The Kier molecular flexibility index (Phi) is 28.1. The van der Waals surface area contributed by atoms with Crippen LogP contribution in [0.4, 0.5) is 0 Å². The number of aliphatic hydroxyl groups is 1. The number of rotatable bonds is 29. The first-order chi connectivity index (χ1) is 17.2. The zero-order valence-corrected chi connectivity index (χ0v) is 22.8. The van der Waals surface area contributed by atoms with Crippen molar-refractivity contribution in [3.05, 3.63) is 0 Å². The normalized spacial score (nSPS) is 11.9. The summed E-state index contributed by atoms with van der Waals surface area (Å²) in [4.78, 5) is 22.0. The van der Waals surface area contributed by atoms with Crippen LogP contribution >= 0.6 is 0 Å². The monoisotopic (exact) mass is 500 g/mol. The first-order valence-corrected chi connectivity index (χ1v) is 14.7. The Morgan fingerprint density at radius 2 is 1.14 bits per heavy atom. The molecule has 0 bridgehead atoms. The Labute approximate surface area is 215 Å². The third-order valence-corrected chi connectivity index (χ3v) is 6.41. The second-order valence-electron chi connectivity index (χ2n) is 9.80. The molecule has 0 saturated heterocycles. The minimum absolute atomic E-state index is 0.207. The minimum Gasteiger partial charge on any atom is -0.468 e. The van der Waals surface area contributed by atoms with Crippen molar-refractivity contribution in [1.82, 2.24) is 0 Å². The Morgan fingerprint density at radius 1 is 0.686 bits per heavy atom. The van der Waals surface area contributed by atoms with Gasteiger partial charge in [-0.3, -0.25) is 9.59 Å². The summed E-state index contributed by atoms with van der Waals surface area (Å²) in [5.41, 5.74) is 0. The van der Waals surface area contributed by atoms with Crippen LogP contribution in [0.3, 0.4) is 0 Å². The van der Waals surface area contributed by atoms with E-state index in [9.17, 15) is 14.7 Å². The van der Waals surface area contributed by atoms with Crippen LogP contribution in [0.5, 0.6) is 0 Å². The van der Waals surface area contributed by atoms with E-state index in [1.165, 1.54) is 89.9 Å². The van der Waals surface area contributed by atoms with Crippen LogP contribution in [-0.2, 0) is 23.8 Å². The van der Waals surface area contributed by atoms with Crippen molar-refractivity contribution < 1.29 is 28.9 Å². The Morgan fingerprint density at radius 3 is 1.63 bits per heavy atom. The molecule has 0 saturated carbocycles. The third-order valence-electron chi connectivity index (χ3n) is 6.41. The smallest absolute Gasteiger partial charge is 0.306 e. The maximum absolute atomic E-state index is 11.9. The van der Waals surface area contributed by atoms with Gasteiger partial charge in [0.2, 0.25) is 0 Å². The molecule has 0 aromatic heterocycles. The highest BCUT2D eigenvalue weighted by Gasteiger charge is 2.13. The van der Waals surface area contributed by atoms with Crippen molar-refractivity contribution >= 4 is 12.4 Å². The summed E-state index contributed by atoms with van der Waals surface area (Å²) >= 11 is 0. The molecule has 208 valence electrons. The highest BCUT2D eigenvalue weighted by atomic mass is 16.6. The maximum Gasteiger partial charge on any atom is 0.306 e. The molecule has 0 aliphatic carbocycles. The fourth-order valence-corrected chi connectivity index (χ4v) is 4.19.